The van der Waals surface area contributed by atoms with Crippen LogP contribution in [0.5, 0.6) is 0 Å². The molecule has 0 saturated heterocycles. The molecular weight excluding hydrogens is 182 g/mol. The van der Waals surface area contributed by atoms with E-state index in [1.165, 1.54) is 17.0 Å². The predicted octanol–water partition coefficient (Wildman–Crippen LogP) is 1.84. The molecule has 0 radical (unpaired) electrons. The topological polar surface area (TPSA) is 43.8 Å². The van der Waals surface area contributed by atoms with Crippen molar-refractivity contribution in [2.75, 3.05) is 11.5 Å². The van der Waals surface area contributed by atoms with E-state index in [9.17, 15) is 0 Å². The van der Waals surface area contributed by atoms with Gasteiger partial charge in [0.05, 0.1) is 5.69 Å². The number of anilines is 1. The maximum atomic E-state index is 6.01. The van der Waals surface area contributed by atoms with Gasteiger partial charge in [0, 0.05) is 23.8 Å². The first-order chi connectivity index (χ1) is 6.20. The summed E-state index contributed by atoms with van der Waals surface area (Å²) in [5.74, 6) is 3.09. The van der Waals surface area contributed by atoms with Crippen LogP contribution in [0.25, 0.3) is 0 Å². The Bertz CT molecular complexity index is 317. The summed E-state index contributed by atoms with van der Waals surface area (Å²) in [7, 11) is 0. The maximum Gasteiger partial charge on any atom is 0.126 e. The number of rotatable bonds is 1. The average Bonchev–Trinajstić information content (AvgIpc) is 2.45. The van der Waals surface area contributed by atoms with Crippen molar-refractivity contribution < 1.29 is 0 Å². The van der Waals surface area contributed by atoms with Crippen molar-refractivity contribution in [3.8, 4) is 0 Å². The van der Waals surface area contributed by atoms with Crippen LogP contribution < -0.4 is 5.73 Å². The molecule has 0 unspecified atom stereocenters. The van der Waals surface area contributed by atoms with E-state index in [2.05, 4.69) is 18.9 Å². The molecule has 0 spiro atoms. The van der Waals surface area contributed by atoms with E-state index < -0.39 is 0 Å². The summed E-state index contributed by atoms with van der Waals surface area (Å²) < 4.78 is 1.94. The third kappa shape index (κ3) is 1.43. The minimum atomic E-state index is 0.371. The highest BCUT2D eigenvalue weighted by Gasteiger charge is 2.19. The molecule has 2 N–H and O–H groups in total. The van der Waals surface area contributed by atoms with Crippen molar-refractivity contribution in [2.45, 2.75) is 32.1 Å². The Balaban J connectivity index is 2.44. The molecule has 0 fully saturated rings. The number of hydrogen-bond donors (Lipinski definition) is 1. The molecule has 1 aromatic heterocycles. The predicted molar refractivity (Wildman–Crippen MR) is 56.9 cm³/mol. The van der Waals surface area contributed by atoms with Crippen molar-refractivity contribution >= 4 is 17.6 Å². The van der Waals surface area contributed by atoms with Crippen LogP contribution in [0.4, 0.5) is 5.82 Å². The Labute approximate surface area is 82.7 Å². The number of fused-ring (bicyclic) bond motifs is 1. The molecule has 4 heteroatoms. The van der Waals surface area contributed by atoms with Gasteiger partial charge in [-0.05, 0) is 19.6 Å². The summed E-state index contributed by atoms with van der Waals surface area (Å²) in [6, 6.07) is 0.371. The number of nitrogen functional groups attached to an aromatic ring is 1. The number of hydrogen-bond acceptors (Lipinski definition) is 3. The molecule has 0 amide bonds. The van der Waals surface area contributed by atoms with Crippen LogP contribution >= 0.6 is 11.8 Å². The minimum Gasteiger partial charge on any atom is -0.384 e. The van der Waals surface area contributed by atoms with Gasteiger partial charge in [0.15, 0.2) is 0 Å². The number of thioether (sulfide) groups is 1. The Kier molecular flexibility index (Phi) is 2.24. The number of aryl methyl sites for hydroxylation is 1. The van der Waals surface area contributed by atoms with E-state index >= 15 is 0 Å². The van der Waals surface area contributed by atoms with Gasteiger partial charge in [-0.2, -0.15) is 16.9 Å². The Morgan fingerprint density at radius 2 is 2.31 bits per heavy atom. The number of nitrogens with zero attached hydrogens (tertiary/aromatic N) is 2. The summed E-state index contributed by atoms with van der Waals surface area (Å²) in [6.07, 6.45) is 1.07. The van der Waals surface area contributed by atoms with Crippen LogP contribution in [0.15, 0.2) is 0 Å². The van der Waals surface area contributed by atoms with Gasteiger partial charge in [-0.3, -0.25) is 0 Å². The van der Waals surface area contributed by atoms with Gasteiger partial charge in [0.1, 0.15) is 5.82 Å². The highest BCUT2D eigenvalue weighted by atomic mass is 32.2. The molecule has 0 aliphatic carbocycles. The molecule has 0 atom stereocenters. The molecule has 0 saturated carbocycles. The SMILES string of the molecule is CC(C)n1nc2c(c1N)CSCC2. The zero-order valence-corrected chi connectivity index (χ0v) is 8.90. The Morgan fingerprint density at radius 1 is 1.54 bits per heavy atom. The fraction of sp³-hybridized carbons (Fsp3) is 0.667. The summed E-state index contributed by atoms with van der Waals surface area (Å²) in [5, 5.41) is 4.53. The fourth-order valence-electron chi connectivity index (χ4n) is 1.63. The van der Waals surface area contributed by atoms with Crippen molar-refractivity contribution in [2.24, 2.45) is 0 Å². The normalized spacial score (nSPS) is 16.2. The van der Waals surface area contributed by atoms with Gasteiger partial charge in [-0.25, -0.2) is 4.68 Å². The Morgan fingerprint density at radius 3 is 2.92 bits per heavy atom. The first kappa shape index (κ1) is 8.94. The zero-order valence-electron chi connectivity index (χ0n) is 8.08. The van der Waals surface area contributed by atoms with E-state index in [1.54, 1.807) is 0 Å². The second-order valence-corrected chi connectivity index (χ2v) is 4.76. The molecule has 1 aromatic rings. The van der Waals surface area contributed by atoms with E-state index in [0.717, 1.165) is 18.0 Å². The van der Waals surface area contributed by atoms with Gasteiger partial charge in [0.2, 0.25) is 0 Å². The van der Waals surface area contributed by atoms with Crippen LogP contribution in [0, 0.1) is 0 Å². The molecule has 2 heterocycles. The lowest BCUT2D eigenvalue weighted by Crippen LogP contribution is -2.07. The van der Waals surface area contributed by atoms with Gasteiger partial charge < -0.3 is 5.73 Å². The molecular formula is C9H15N3S. The zero-order chi connectivity index (χ0) is 9.42. The molecule has 13 heavy (non-hydrogen) atoms. The molecule has 0 bridgehead atoms. The molecule has 3 nitrogen and oxygen atoms in total. The molecule has 2 rings (SSSR count). The lowest BCUT2D eigenvalue weighted by Gasteiger charge is -2.09. The van der Waals surface area contributed by atoms with Crippen molar-refractivity contribution in [1.82, 2.24) is 9.78 Å². The molecule has 1 aliphatic rings. The van der Waals surface area contributed by atoms with E-state index in [-0.39, 0.29) is 0 Å². The quantitative estimate of drug-likeness (QED) is 0.747. The van der Waals surface area contributed by atoms with Crippen molar-refractivity contribution in [3.63, 3.8) is 0 Å². The monoisotopic (exact) mass is 197 g/mol. The second kappa shape index (κ2) is 3.25. The Hall–Kier alpha value is -0.640. The second-order valence-electron chi connectivity index (χ2n) is 3.65. The molecule has 72 valence electrons. The standard InChI is InChI=1S/C9H15N3S/c1-6(2)12-9(10)7-5-13-4-3-8(7)11-12/h6H,3-5,10H2,1-2H3. The highest BCUT2D eigenvalue weighted by molar-refractivity contribution is 7.98. The van der Waals surface area contributed by atoms with Crippen LogP contribution in [0.3, 0.4) is 0 Å². The number of aromatic nitrogens is 2. The van der Waals surface area contributed by atoms with E-state index in [4.69, 9.17) is 5.73 Å². The lowest BCUT2D eigenvalue weighted by atomic mass is 10.2. The van der Waals surface area contributed by atoms with E-state index in [1.807, 2.05) is 16.4 Å². The van der Waals surface area contributed by atoms with Crippen molar-refractivity contribution in [3.05, 3.63) is 11.3 Å². The maximum absolute atomic E-state index is 6.01. The average molecular weight is 197 g/mol. The van der Waals surface area contributed by atoms with Crippen LogP contribution in [-0.2, 0) is 12.2 Å². The first-order valence-electron chi connectivity index (χ1n) is 4.63. The summed E-state index contributed by atoms with van der Waals surface area (Å²) in [5.41, 5.74) is 8.49. The third-order valence-corrected chi connectivity index (χ3v) is 3.34. The fourth-order valence-corrected chi connectivity index (χ4v) is 2.63. The molecule has 1 aliphatic heterocycles. The van der Waals surface area contributed by atoms with Gasteiger partial charge in [0.25, 0.3) is 0 Å². The van der Waals surface area contributed by atoms with Crippen molar-refractivity contribution in [1.29, 1.82) is 0 Å². The van der Waals surface area contributed by atoms with Gasteiger partial charge in [-0.1, -0.05) is 0 Å². The summed E-state index contributed by atoms with van der Waals surface area (Å²) in [4.78, 5) is 0. The highest BCUT2D eigenvalue weighted by Crippen LogP contribution is 2.29. The third-order valence-electron chi connectivity index (χ3n) is 2.35. The largest absolute Gasteiger partial charge is 0.384 e. The van der Waals surface area contributed by atoms with Crippen LogP contribution in [-0.4, -0.2) is 15.5 Å². The summed E-state index contributed by atoms with van der Waals surface area (Å²) in [6.45, 7) is 4.23. The van der Waals surface area contributed by atoms with Gasteiger partial charge >= 0.3 is 0 Å². The van der Waals surface area contributed by atoms with Crippen LogP contribution in [0.2, 0.25) is 0 Å². The summed E-state index contributed by atoms with van der Waals surface area (Å²) >= 11 is 1.94. The first-order valence-corrected chi connectivity index (χ1v) is 5.79. The van der Waals surface area contributed by atoms with Crippen LogP contribution in [0.1, 0.15) is 31.1 Å². The van der Waals surface area contributed by atoms with E-state index in [0.29, 0.717) is 6.04 Å². The lowest BCUT2D eigenvalue weighted by molar-refractivity contribution is 0.535. The number of nitrogens with two attached hydrogens (primary N) is 1. The van der Waals surface area contributed by atoms with Gasteiger partial charge in [-0.15, -0.1) is 0 Å². The molecule has 0 aromatic carbocycles. The smallest absolute Gasteiger partial charge is 0.126 e. The minimum absolute atomic E-state index is 0.371.